The number of nitrogens with zero attached hydrogens (tertiary/aromatic N) is 3. The van der Waals surface area contributed by atoms with Gasteiger partial charge in [0.05, 0.1) is 23.0 Å². The van der Waals surface area contributed by atoms with Gasteiger partial charge in [0.1, 0.15) is 10.8 Å². The second-order valence-corrected chi connectivity index (χ2v) is 3.08. The van der Waals surface area contributed by atoms with Gasteiger partial charge >= 0.3 is 0 Å². The summed E-state index contributed by atoms with van der Waals surface area (Å²) in [5.41, 5.74) is -1.56. The Labute approximate surface area is 93.4 Å². The average Bonchev–Trinajstić information content (AvgIpc) is 2.17. The van der Waals surface area contributed by atoms with E-state index in [0.717, 1.165) is 0 Å². The third-order valence-electron chi connectivity index (χ3n) is 1.74. The van der Waals surface area contributed by atoms with Crippen LogP contribution < -0.4 is 0 Å². The maximum Gasteiger partial charge on any atom is 0.292 e. The van der Waals surface area contributed by atoms with Crippen LogP contribution in [0.2, 0.25) is 5.15 Å². The second-order valence-electron chi connectivity index (χ2n) is 2.73. The number of nitro groups is 1. The summed E-state index contributed by atoms with van der Waals surface area (Å²) in [6.07, 6.45) is -3.31. The minimum atomic E-state index is -2.95. The van der Waals surface area contributed by atoms with Crippen LogP contribution in [-0.4, -0.2) is 9.91 Å². The zero-order chi connectivity index (χ0) is 12.3. The first-order valence-corrected chi connectivity index (χ1v) is 4.34. The van der Waals surface area contributed by atoms with Gasteiger partial charge in [-0.05, 0) is 0 Å². The highest BCUT2D eigenvalue weighted by atomic mass is 35.5. The van der Waals surface area contributed by atoms with Crippen LogP contribution in [0.1, 0.15) is 17.7 Å². The second kappa shape index (κ2) is 4.81. The fraction of sp³-hybridized carbons (Fsp3) is 0.250. The largest absolute Gasteiger partial charge is 0.292 e. The van der Waals surface area contributed by atoms with Crippen LogP contribution in [0.25, 0.3) is 0 Å². The Hall–Kier alpha value is -1.81. The van der Waals surface area contributed by atoms with Crippen LogP contribution in [-0.2, 0) is 6.42 Å². The van der Waals surface area contributed by atoms with Gasteiger partial charge < -0.3 is 0 Å². The van der Waals surface area contributed by atoms with Crippen molar-refractivity contribution in [3.05, 3.63) is 32.6 Å². The molecular formula is C8H4ClF2N3O2. The van der Waals surface area contributed by atoms with E-state index in [1.807, 2.05) is 0 Å². The molecule has 0 N–H and O–H groups in total. The SMILES string of the molecule is N#CCc1nc(Cl)c(C(F)F)cc1[N+](=O)[O-]. The summed E-state index contributed by atoms with van der Waals surface area (Å²) in [5, 5.41) is 18.4. The number of halogens is 3. The van der Waals surface area contributed by atoms with E-state index in [1.54, 1.807) is 6.07 Å². The van der Waals surface area contributed by atoms with Crippen molar-refractivity contribution in [1.29, 1.82) is 5.26 Å². The minimum absolute atomic E-state index is 0.220. The Balaban J connectivity index is 3.38. The molecule has 1 rings (SSSR count). The first kappa shape index (κ1) is 12.3. The van der Waals surface area contributed by atoms with E-state index in [2.05, 4.69) is 4.98 Å². The van der Waals surface area contributed by atoms with Gasteiger partial charge in [0, 0.05) is 6.07 Å². The minimum Gasteiger partial charge on any atom is -0.258 e. The van der Waals surface area contributed by atoms with Gasteiger partial charge in [-0.1, -0.05) is 11.6 Å². The lowest BCUT2D eigenvalue weighted by molar-refractivity contribution is -0.385. The van der Waals surface area contributed by atoms with Gasteiger partial charge in [0.25, 0.3) is 12.1 Å². The molecule has 5 nitrogen and oxygen atoms in total. The molecule has 0 fully saturated rings. The molecule has 0 amide bonds. The summed E-state index contributed by atoms with van der Waals surface area (Å²) in [6, 6.07) is 2.29. The summed E-state index contributed by atoms with van der Waals surface area (Å²) in [4.78, 5) is 13.1. The first-order chi connectivity index (χ1) is 7.47. The molecule has 0 aliphatic carbocycles. The van der Waals surface area contributed by atoms with Gasteiger partial charge in [0.15, 0.2) is 0 Å². The maximum atomic E-state index is 12.4. The van der Waals surface area contributed by atoms with Gasteiger partial charge in [0.2, 0.25) is 0 Å². The summed E-state index contributed by atoms with van der Waals surface area (Å²) in [5.74, 6) is 0. The Morgan fingerprint density at radius 1 is 1.69 bits per heavy atom. The molecule has 0 radical (unpaired) electrons. The lowest BCUT2D eigenvalue weighted by atomic mass is 10.2. The molecule has 8 heteroatoms. The van der Waals surface area contributed by atoms with E-state index in [4.69, 9.17) is 16.9 Å². The van der Waals surface area contributed by atoms with Gasteiger partial charge in [-0.3, -0.25) is 10.1 Å². The predicted molar refractivity (Wildman–Crippen MR) is 50.2 cm³/mol. The fourth-order valence-electron chi connectivity index (χ4n) is 1.05. The van der Waals surface area contributed by atoms with Crippen molar-refractivity contribution in [3.8, 4) is 6.07 Å². The van der Waals surface area contributed by atoms with Crippen LogP contribution in [0.15, 0.2) is 6.07 Å². The van der Waals surface area contributed by atoms with Crippen molar-refractivity contribution in [2.45, 2.75) is 12.8 Å². The highest BCUT2D eigenvalue weighted by Gasteiger charge is 2.23. The Kier molecular flexibility index (Phi) is 3.68. The average molecular weight is 248 g/mol. The Morgan fingerprint density at radius 2 is 2.31 bits per heavy atom. The number of hydrogen-bond donors (Lipinski definition) is 0. The third kappa shape index (κ3) is 2.41. The molecule has 0 spiro atoms. The predicted octanol–water partition coefficient (Wildman–Crippen LogP) is 2.65. The van der Waals surface area contributed by atoms with E-state index >= 15 is 0 Å². The number of rotatable bonds is 3. The summed E-state index contributed by atoms with van der Waals surface area (Å²) >= 11 is 5.41. The summed E-state index contributed by atoms with van der Waals surface area (Å²) in [6.45, 7) is 0. The molecule has 0 aromatic carbocycles. The van der Waals surface area contributed by atoms with E-state index in [0.29, 0.717) is 6.07 Å². The molecule has 16 heavy (non-hydrogen) atoms. The van der Waals surface area contributed by atoms with E-state index in [1.165, 1.54) is 0 Å². The zero-order valence-electron chi connectivity index (χ0n) is 7.65. The van der Waals surface area contributed by atoms with E-state index in [-0.39, 0.29) is 12.1 Å². The van der Waals surface area contributed by atoms with Crippen LogP contribution in [0.5, 0.6) is 0 Å². The highest BCUT2D eigenvalue weighted by Crippen LogP contribution is 2.30. The number of aromatic nitrogens is 1. The quantitative estimate of drug-likeness (QED) is 0.467. The molecule has 0 bridgehead atoms. The summed E-state index contributed by atoms with van der Waals surface area (Å²) < 4.78 is 24.8. The number of nitriles is 1. The van der Waals surface area contributed by atoms with Gasteiger partial charge in [-0.15, -0.1) is 0 Å². The maximum absolute atomic E-state index is 12.4. The lowest BCUT2D eigenvalue weighted by Crippen LogP contribution is -2.01. The first-order valence-electron chi connectivity index (χ1n) is 3.96. The van der Waals surface area contributed by atoms with Crippen LogP contribution in [0.4, 0.5) is 14.5 Å². The van der Waals surface area contributed by atoms with E-state index < -0.39 is 27.8 Å². The van der Waals surface area contributed by atoms with Crippen molar-refractivity contribution in [2.24, 2.45) is 0 Å². The molecule has 1 aromatic heterocycles. The molecule has 0 atom stereocenters. The van der Waals surface area contributed by atoms with Crippen LogP contribution >= 0.6 is 11.6 Å². The number of hydrogen-bond acceptors (Lipinski definition) is 4. The van der Waals surface area contributed by atoms with Crippen LogP contribution in [0.3, 0.4) is 0 Å². The molecule has 0 unspecified atom stereocenters. The molecule has 0 aliphatic heterocycles. The van der Waals surface area contributed by atoms with Crippen molar-refractivity contribution >= 4 is 17.3 Å². The molecule has 84 valence electrons. The fourth-order valence-corrected chi connectivity index (χ4v) is 1.29. The summed E-state index contributed by atoms with van der Waals surface area (Å²) in [7, 11) is 0. The molecular weight excluding hydrogens is 244 g/mol. The highest BCUT2D eigenvalue weighted by molar-refractivity contribution is 6.30. The third-order valence-corrected chi connectivity index (χ3v) is 2.04. The molecule has 0 saturated heterocycles. The molecule has 1 heterocycles. The van der Waals surface area contributed by atoms with Crippen molar-refractivity contribution in [1.82, 2.24) is 4.98 Å². The number of alkyl halides is 2. The monoisotopic (exact) mass is 247 g/mol. The standard InChI is InChI=1S/C8H4ClF2N3O2/c9-7-4(8(10)11)3-6(14(15)16)5(13-7)1-2-12/h3,8H,1H2. The van der Waals surface area contributed by atoms with Gasteiger partial charge in [-0.25, -0.2) is 13.8 Å². The van der Waals surface area contributed by atoms with Gasteiger partial charge in [-0.2, -0.15) is 5.26 Å². The topological polar surface area (TPSA) is 79.8 Å². The molecule has 1 aromatic rings. The molecule has 0 aliphatic rings. The van der Waals surface area contributed by atoms with E-state index in [9.17, 15) is 18.9 Å². The Morgan fingerprint density at radius 3 is 2.75 bits per heavy atom. The van der Waals surface area contributed by atoms with Crippen molar-refractivity contribution in [2.75, 3.05) is 0 Å². The lowest BCUT2D eigenvalue weighted by Gasteiger charge is -2.04. The Bertz CT molecular complexity index is 473. The smallest absolute Gasteiger partial charge is 0.258 e. The normalized spacial score (nSPS) is 10.2. The zero-order valence-corrected chi connectivity index (χ0v) is 8.41. The molecule has 0 saturated carbocycles. The van der Waals surface area contributed by atoms with Crippen molar-refractivity contribution in [3.63, 3.8) is 0 Å². The van der Waals surface area contributed by atoms with Crippen LogP contribution in [0, 0.1) is 21.4 Å². The number of pyridine rings is 1. The van der Waals surface area contributed by atoms with Crippen molar-refractivity contribution < 1.29 is 13.7 Å².